The number of pyridine rings is 1. The van der Waals surface area contributed by atoms with E-state index in [-0.39, 0.29) is 29.6 Å². The zero-order chi connectivity index (χ0) is 22.6. The number of quaternary nitrogens is 1. The lowest BCUT2D eigenvalue weighted by Crippen LogP contribution is -2.51. The van der Waals surface area contributed by atoms with Crippen LogP contribution >= 0.6 is 0 Å². The highest BCUT2D eigenvalue weighted by Gasteiger charge is 2.70. The van der Waals surface area contributed by atoms with Crippen molar-refractivity contribution >= 4 is 11.8 Å². The normalized spacial score (nSPS) is 30.0. The number of nitrogens with zero attached hydrogens (tertiary/aromatic N) is 6. The van der Waals surface area contributed by atoms with Crippen LogP contribution < -0.4 is 4.48 Å². The molecule has 4 atom stereocenters. The molecule has 166 valence electrons. The molecule has 9 nitrogen and oxygen atoms in total. The zero-order valence-electron chi connectivity index (χ0n) is 17.6. The van der Waals surface area contributed by atoms with Gasteiger partial charge in [-0.05, 0) is 12.1 Å². The molecule has 10 heteroatoms. The number of halogens is 1. The number of ether oxygens (including phenoxy) is 2. The van der Waals surface area contributed by atoms with Gasteiger partial charge in [0.1, 0.15) is 30.1 Å². The summed E-state index contributed by atoms with van der Waals surface area (Å²) < 4.78 is 27.3. The van der Waals surface area contributed by atoms with Gasteiger partial charge in [0, 0.05) is 41.3 Å². The van der Waals surface area contributed by atoms with Crippen molar-refractivity contribution in [1.82, 2.24) is 24.5 Å². The minimum Gasteiger partial charge on any atom is -0.414 e. The molecule has 3 aliphatic rings. The molecule has 2 unspecified atom stereocenters. The van der Waals surface area contributed by atoms with E-state index in [1.54, 1.807) is 36.7 Å². The van der Waals surface area contributed by atoms with E-state index in [1.807, 2.05) is 0 Å². The number of cyclic esters (lactones) is 1. The van der Waals surface area contributed by atoms with Gasteiger partial charge < -0.3 is 9.47 Å². The smallest absolute Gasteiger partial charge is 0.414 e. The Balaban J connectivity index is 1.31. The summed E-state index contributed by atoms with van der Waals surface area (Å²) in [4.78, 5) is 17.2. The lowest BCUT2D eigenvalue weighted by Gasteiger charge is -2.27. The second kappa shape index (κ2) is 7.16. The molecule has 6 rings (SSSR count). The van der Waals surface area contributed by atoms with E-state index in [2.05, 4.69) is 21.4 Å². The van der Waals surface area contributed by atoms with Crippen molar-refractivity contribution < 1.29 is 18.7 Å². The van der Waals surface area contributed by atoms with Crippen LogP contribution in [-0.4, -0.2) is 52.4 Å². The number of aromatic nitrogens is 4. The third-order valence-electron chi connectivity index (χ3n) is 7.18. The average molecular weight is 447 g/mol. The van der Waals surface area contributed by atoms with Crippen LogP contribution in [0.25, 0.3) is 11.1 Å². The molecule has 3 aromatic rings. The minimum absolute atomic E-state index is 0.163. The van der Waals surface area contributed by atoms with Crippen LogP contribution in [0, 0.1) is 29.0 Å². The van der Waals surface area contributed by atoms with E-state index < -0.39 is 17.3 Å². The fourth-order valence-electron chi connectivity index (χ4n) is 5.26. The lowest BCUT2D eigenvalue weighted by molar-refractivity contribution is 0.150. The van der Waals surface area contributed by atoms with E-state index in [9.17, 15) is 10.1 Å². The quantitative estimate of drug-likeness (QED) is 0.554. The first-order valence-electron chi connectivity index (χ1n) is 10.7. The topological polar surface area (TPSA) is 103 Å². The Morgan fingerprint density at radius 2 is 2.12 bits per heavy atom. The van der Waals surface area contributed by atoms with Gasteiger partial charge in [-0.25, -0.2) is 9.07 Å². The molecule has 0 bridgehead atoms. The van der Waals surface area contributed by atoms with Crippen molar-refractivity contribution in [3.05, 3.63) is 60.4 Å². The summed E-state index contributed by atoms with van der Waals surface area (Å²) >= 11 is 0. The molecule has 1 amide bonds. The Morgan fingerprint density at radius 3 is 2.73 bits per heavy atom. The standard InChI is InChI=1S/C23H20FN6O3/c24-20-9-16(30(7-8-33-22(30)31)14-29-6-5-27-28-29)2-3-17(20)15-1-4-21(26-10-15)23(13-25)18-11-32-12-19(18)23/h1-6,9-10,18-19H,7-8,11-12,14H2/q+1/t18-,19+,23?,30?. The van der Waals surface area contributed by atoms with Crippen molar-refractivity contribution in [2.24, 2.45) is 11.8 Å². The molecule has 4 heterocycles. The molecule has 2 saturated heterocycles. The molecule has 1 aliphatic carbocycles. The Labute approximate surface area is 188 Å². The van der Waals surface area contributed by atoms with Crippen molar-refractivity contribution in [2.45, 2.75) is 12.1 Å². The van der Waals surface area contributed by atoms with Gasteiger partial charge in [0.2, 0.25) is 0 Å². The number of hydrogen-bond acceptors (Lipinski definition) is 7. The van der Waals surface area contributed by atoms with Gasteiger partial charge in [-0.1, -0.05) is 11.3 Å². The number of nitriles is 1. The molecule has 1 aromatic carbocycles. The van der Waals surface area contributed by atoms with Crippen molar-refractivity contribution in [3.8, 4) is 17.2 Å². The highest BCUT2D eigenvalue weighted by molar-refractivity contribution is 5.84. The van der Waals surface area contributed by atoms with Crippen LogP contribution in [0.15, 0.2) is 48.9 Å². The highest BCUT2D eigenvalue weighted by Crippen LogP contribution is 2.62. The summed E-state index contributed by atoms with van der Waals surface area (Å²) in [5.41, 5.74) is 1.57. The fraction of sp³-hybridized carbons (Fsp3) is 0.348. The Kier molecular flexibility index (Phi) is 4.33. The van der Waals surface area contributed by atoms with Crippen molar-refractivity contribution in [2.75, 3.05) is 26.4 Å². The van der Waals surface area contributed by atoms with Gasteiger partial charge in [0.05, 0.1) is 37.4 Å². The van der Waals surface area contributed by atoms with E-state index in [4.69, 9.17) is 9.47 Å². The molecule has 0 N–H and O–H groups in total. The molecule has 2 aromatic heterocycles. The minimum atomic E-state index is -0.590. The first-order chi connectivity index (χ1) is 16.1. The number of benzene rings is 1. The van der Waals surface area contributed by atoms with Crippen LogP contribution in [0.3, 0.4) is 0 Å². The van der Waals surface area contributed by atoms with E-state index >= 15 is 4.39 Å². The average Bonchev–Trinajstić information content (AvgIpc) is 3.36. The molecule has 2 aliphatic heterocycles. The Morgan fingerprint density at radius 1 is 1.27 bits per heavy atom. The largest absolute Gasteiger partial charge is 0.523 e. The maximum absolute atomic E-state index is 15.3. The Hall–Kier alpha value is -3.68. The maximum Gasteiger partial charge on any atom is 0.523 e. The van der Waals surface area contributed by atoms with Crippen LogP contribution in [0.1, 0.15) is 5.69 Å². The number of hydrogen-bond donors (Lipinski definition) is 0. The fourth-order valence-corrected chi connectivity index (χ4v) is 5.26. The third kappa shape index (κ3) is 2.83. The highest BCUT2D eigenvalue weighted by atomic mass is 19.1. The predicted molar refractivity (Wildman–Crippen MR) is 113 cm³/mol. The number of fused-ring (bicyclic) bond motifs is 1. The molecule has 0 radical (unpaired) electrons. The van der Waals surface area contributed by atoms with E-state index in [0.717, 1.165) is 0 Å². The number of carbonyl (C=O) groups is 1. The predicted octanol–water partition coefficient (Wildman–Crippen LogP) is 2.63. The van der Waals surface area contributed by atoms with Crippen LogP contribution in [0.4, 0.5) is 14.9 Å². The van der Waals surface area contributed by atoms with Crippen LogP contribution in [0.5, 0.6) is 0 Å². The van der Waals surface area contributed by atoms with Gasteiger partial charge >= 0.3 is 6.09 Å². The molecule has 3 fully saturated rings. The van der Waals surface area contributed by atoms with Gasteiger partial charge in [-0.3, -0.25) is 4.98 Å². The van der Waals surface area contributed by atoms with E-state index in [0.29, 0.717) is 42.3 Å². The summed E-state index contributed by atoms with van der Waals surface area (Å²) in [6.07, 6.45) is 4.32. The monoisotopic (exact) mass is 447 g/mol. The molecular weight excluding hydrogens is 427 g/mol. The molecular formula is C23H20FN6O3+. The zero-order valence-corrected chi connectivity index (χ0v) is 17.6. The van der Waals surface area contributed by atoms with Crippen LogP contribution in [0.2, 0.25) is 0 Å². The molecule has 0 spiro atoms. The molecule has 1 saturated carbocycles. The summed E-state index contributed by atoms with van der Waals surface area (Å²) in [6, 6.07) is 10.8. The SMILES string of the molecule is N#CC1(c2ccc(-c3ccc([N+]4(Cn5ccnn5)CCOC4=O)cc3F)cn2)[C@@H]2COC[C@@H]21. The first kappa shape index (κ1) is 20.0. The lowest BCUT2D eigenvalue weighted by atomic mass is 9.96. The number of amides is 1. The maximum atomic E-state index is 15.3. The van der Waals surface area contributed by atoms with Crippen molar-refractivity contribution in [3.63, 3.8) is 0 Å². The summed E-state index contributed by atoms with van der Waals surface area (Å²) in [5, 5.41) is 17.5. The second-order valence-corrected chi connectivity index (χ2v) is 8.72. The van der Waals surface area contributed by atoms with Gasteiger partial charge in [-0.15, -0.1) is 5.10 Å². The molecule has 33 heavy (non-hydrogen) atoms. The van der Waals surface area contributed by atoms with E-state index in [1.165, 1.54) is 16.9 Å². The summed E-state index contributed by atoms with van der Waals surface area (Å²) in [6.45, 7) is 1.94. The number of rotatable bonds is 5. The summed E-state index contributed by atoms with van der Waals surface area (Å²) in [5.74, 6) is -0.103. The third-order valence-corrected chi connectivity index (χ3v) is 7.18. The van der Waals surface area contributed by atoms with Crippen LogP contribution in [-0.2, 0) is 21.6 Å². The van der Waals surface area contributed by atoms with Crippen molar-refractivity contribution in [1.29, 1.82) is 5.26 Å². The van der Waals surface area contributed by atoms with Gasteiger partial charge in [-0.2, -0.15) is 14.5 Å². The van der Waals surface area contributed by atoms with Gasteiger partial charge in [0.25, 0.3) is 0 Å². The second-order valence-electron chi connectivity index (χ2n) is 8.72. The van der Waals surface area contributed by atoms with Gasteiger partial charge in [0.15, 0.2) is 6.67 Å². The first-order valence-corrected chi connectivity index (χ1v) is 10.7. The number of carbonyl (C=O) groups excluding carboxylic acids is 1. The Bertz CT molecular complexity index is 1260. The summed E-state index contributed by atoms with van der Waals surface area (Å²) in [7, 11) is 0.